The van der Waals surface area contributed by atoms with Crippen LogP contribution in [-0.4, -0.2) is 73.4 Å². The first-order valence-electron chi connectivity index (χ1n) is 6.27. The summed E-state index contributed by atoms with van der Waals surface area (Å²) in [5.74, 6) is 0.668. The Morgan fingerprint density at radius 2 is 2.00 bits per heavy atom. The van der Waals surface area contributed by atoms with Gasteiger partial charge in [0.1, 0.15) is 0 Å². The molecule has 0 rings (SSSR count). The summed E-state index contributed by atoms with van der Waals surface area (Å²) in [6.07, 6.45) is 1.40. The molecular formula is C12H27NO4S. The first-order valence-corrected chi connectivity index (χ1v) is 7.67. The highest BCUT2D eigenvalue weighted by Gasteiger charge is 2.19. The Balaban J connectivity index is 3.44. The van der Waals surface area contributed by atoms with Crippen LogP contribution < -0.4 is 5.32 Å². The number of aliphatic hydroxyl groups is 2. The molecule has 2 unspecified atom stereocenters. The van der Waals surface area contributed by atoms with Crippen LogP contribution in [-0.2, 0) is 9.47 Å². The monoisotopic (exact) mass is 281 g/mol. The average Bonchev–Trinajstić information content (AvgIpc) is 2.28. The van der Waals surface area contributed by atoms with E-state index in [-0.39, 0.29) is 6.61 Å². The molecule has 0 saturated heterocycles. The van der Waals surface area contributed by atoms with Crippen molar-refractivity contribution >= 4 is 11.8 Å². The number of thioether (sulfide) groups is 1. The van der Waals surface area contributed by atoms with E-state index in [1.54, 1.807) is 18.7 Å². The van der Waals surface area contributed by atoms with Gasteiger partial charge in [-0.2, -0.15) is 11.8 Å². The lowest BCUT2D eigenvalue weighted by Gasteiger charge is -2.23. The van der Waals surface area contributed by atoms with Gasteiger partial charge in [-0.15, -0.1) is 0 Å². The van der Waals surface area contributed by atoms with E-state index in [0.29, 0.717) is 38.7 Å². The van der Waals surface area contributed by atoms with E-state index in [4.69, 9.17) is 9.47 Å². The van der Waals surface area contributed by atoms with E-state index in [2.05, 4.69) is 5.32 Å². The third kappa shape index (κ3) is 11.3. The van der Waals surface area contributed by atoms with Gasteiger partial charge < -0.3 is 25.0 Å². The number of hydrogen-bond acceptors (Lipinski definition) is 6. The SMILES string of the molecule is CCOCCOCC(O)CNCC(C)(O)CSC. The lowest BCUT2D eigenvalue weighted by molar-refractivity contribution is 0.00419. The highest BCUT2D eigenvalue weighted by atomic mass is 32.2. The van der Waals surface area contributed by atoms with E-state index >= 15 is 0 Å². The second kappa shape index (κ2) is 11.0. The van der Waals surface area contributed by atoms with Gasteiger partial charge in [-0.25, -0.2) is 0 Å². The minimum atomic E-state index is -0.741. The second-order valence-corrected chi connectivity index (χ2v) is 5.35. The summed E-state index contributed by atoms with van der Waals surface area (Å²) >= 11 is 1.60. The number of aliphatic hydroxyl groups excluding tert-OH is 1. The van der Waals surface area contributed by atoms with Crippen molar-refractivity contribution in [1.82, 2.24) is 5.32 Å². The maximum Gasteiger partial charge on any atom is 0.0897 e. The van der Waals surface area contributed by atoms with Crippen molar-refractivity contribution < 1.29 is 19.7 Å². The van der Waals surface area contributed by atoms with Crippen molar-refractivity contribution in [3.05, 3.63) is 0 Å². The van der Waals surface area contributed by atoms with Gasteiger partial charge >= 0.3 is 0 Å². The van der Waals surface area contributed by atoms with Crippen LogP contribution in [0.1, 0.15) is 13.8 Å². The summed E-state index contributed by atoms with van der Waals surface area (Å²) in [6.45, 7) is 6.60. The molecule has 0 aromatic carbocycles. The van der Waals surface area contributed by atoms with E-state index in [0.717, 1.165) is 0 Å². The largest absolute Gasteiger partial charge is 0.389 e. The Bertz CT molecular complexity index is 193. The van der Waals surface area contributed by atoms with Crippen molar-refractivity contribution in [3.8, 4) is 0 Å². The number of nitrogens with one attached hydrogen (secondary N) is 1. The van der Waals surface area contributed by atoms with Gasteiger partial charge in [0, 0.05) is 25.4 Å². The average molecular weight is 281 g/mol. The van der Waals surface area contributed by atoms with Gasteiger partial charge in [-0.05, 0) is 20.1 Å². The van der Waals surface area contributed by atoms with Gasteiger partial charge in [0.15, 0.2) is 0 Å². The van der Waals surface area contributed by atoms with Crippen molar-refractivity contribution in [1.29, 1.82) is 0 Å². The molecule has 110 valence electrons. The summed E-state index contributed by atoms with van der Waals surface area (Å²) in [7, 11) is 0. The first-order chi connectivity index (χ1) is 8.52. The Labute approximate surface area is 114 Å². The third-order valence-corrected chi connectivity index (χ3v) is 3.14. The molecule has 0 saturated carbocycles. The van der Waals surface area contributed by atoms with Crippen LogP contribution >= 0.6 is 11.8 Å². The van der Waals surface area contributed by atoms with Crippen LogP contribution in [0.4, 0.5) is 0 Å². The van der Waals surface area contributed by atoms with Crippen LogP contribution in [0.25, 0.3) is 0 Å². The maximum atomic E-state index is 9.89. The minimum absolute atomic E-state index is 0.282. The Kier molecular flexibility index (Phi) is 11.1. The Hall–Kier alpha value is 0.150. The van der Waals surface area contributed by atoms with Crippen LogP contribution in [0.15, 0.2) is 0 Å². The summed E-state index contributed by atoms with van der Waals surface area (Å²) in [6, 6.07) is 0. The van der Waals surface area contributed by atoms with Crippen molar-refractivity contribution in [2.75, 3.05) is 51.5 Å². The van der Waals surface area contributed by atoms with Crippen molar-refractivity contribution in [3.63, 3.8) is 0 Å². The molecule has 0 aliphatic heterocycles. The number of hydrogen-bond donors (Lipinski definition) is 3. The molecule has 0 bridgehead atoms. The Morgan fingerprint density at radius 1 is 1.33 bits per heavy atom. The second-order valence-electron chi connectivity index (χ2n) is 4.49. The van der Waals surface area contributed by atoms with E-state index in [1.165, 1.54) is 0 Å². The molecule has 18 heavy (non-hydrogen) atoms. The van der Waals surface area contributed by atoms with Gasteiger partial charge in [-0.3, -0.25) is 0 Å². The molecule has 0 aliphatic carbocycles. The minimum Gasteiger partial charge on any atom is -0.389 e. The topological polar surface area (TPSA) is 71.0 Å². The van der Waals surface area contributed by atoms with Crippen LogP contribution in [0, 0.1) is 0 Å². The lowest BCUT2D eigenvalue weighted by atomic mass is 10.1. The van der Waals surface area contributed by atoms with Crippen LogP contribution in [0.2, 0.25) is 0 Å². The fourth-order valence-electron chi connectivity index (χ4n) is 1.41. The summed E-state index contributed by atoms with van der Waals surface area (Å²) in [5.41, 5.74) is -0.741. The zero-order chi connectivity index (χ0) is 13.9. The quantitative estimate of drug-likeness (QED) is 0.441. The summed E-state index contributed by atoms with van der Waals surface area (Å²) in [5, 5.41) is 22.5. The van der Waals surface area contributed by atoms with Gasteiger partial charge in [0.25, 0.3) is 0 Å². The van der Waals surface area contributed by atoms with Crippen molar-refractivity contribution in [2.24, 2.45) is 0 Å². The highest BCUT2D eigenvalue weighted by molar-refractivity contribution is 7.98. The fraction of sp³-hybridized carbons (Fsp3) is 1.00. The normalized spacial score (nSPS) is 16.5. The standard InChI is InChI=1S/C12H27NO4S/c1-4-16-5-6-17-8-11(14)7-13-9-12(2,15)10-18-3/h11,13-15H,4-10H2,1-3H3. The first kappa shape index (κ1) is 18.1. The molecule has 3 N–H and O–H groups in total. The molecule has 0 radical (unpaired) electrons. The van der Waals surface area contributed by atoms with Crippen molar-refractivity contribution in [2.45, 2.75) is 25.6 Å². The molecule has 2 atom stereocenters. The smallest absolute Gasteiger partial charge is 0.0897 e. The predicted octanol–water partition coefficient (Wildman–Crippen LogP) is 0.104. The number of ether oxygens (including phenoxy) is 2. The van der Waals surface area contributed by atoms with Crippen LogP contribution in [0.3, 0.4) is 0 Å². The predicted molar refractivity (Wildman–Crippen MR) is 75.2 cm³/mol. The zero-order valence-corrected chi connectivity index (χ0v) is 12.5. The molecule has 5 nitrogen and oxygen atoms in total. The maximum absolute atomic E-state index is 9.89. The molecule has 0 amide bonds. The van der Waals surface area contributed by atoms with Gasteiger partial charge in [-0.1, -0.05) is 0 Å². The molecular weight excluding hydrogens is 254 g/mol. The van der Waals surface area contributed by atoms with E-state index in [9.17, 15) is 10.2 Å². The van der Waals surface area contributed by atoms with Gasteiger partial charge in [0.2, 0.25) is 0 Å². The Morgan fingerprint density at radius 3 is 2.61 bits per heavy atom. The lowest BCUT2D eigenvalue weighted by Crippen LogP contribution is -2.43. The zero-order valence-electron chi connectivity index (χ0n) is 11.6. The molecule has 0 aliphatic rings. The summed E-state index contributed by atoms with van der Waals surface area (Å²) < 4.78 is 10.4. The van der Waals surface area contributed by atoms with Gasteiger partial charge in [0.05, 0.1) is 31.5 Å². The molecule has 0 fully saturated rings. The molecule has 0 spiro atoms. The van der Waals surface area contributed by atoms with Crippen LogP contribution in [0.5, 0.6) is 0 Å². The highest BCUT2D eigenvalue weighted by Crippen LogP contribution is 2.08. The van der Waals surface area contributed by atoms with E-state index in [1.807, 2.05) is 13.2 Å². The third-order valence-electron chi connectivity index (χ3n) is 2.23. The number of rotatable bonds is 12. The molecule has 6 heteroatoms. The van der Waals surface area contributed by atoms with E-state index < -0.39 is 11.7 Å². The molecule has 0 heterocycles. The molecule has 0 aromatic heterocycles. The fourth-order valence-corrected chi connectivity index (χ4v) is 2.13. The summed E-state index contributed by atoms with van der Waals surface area (Å²) in [4.78, 5) is 0. The molecule has 0 aromatic rings.